The standard InChI is InChI=1S/C16H16BrNO3/c1-10-4-5-11(8-13(10)17)16(19)18-14-9-12(20-2)6-7-15(14)21-3/h4-9H,1-3H3,(H,18,19). The van der Waals surface area contributed by atoms with Crippen molar-refractivity contribution in [3.05, 3.63) is 52.0 Å². The maximum atomic E-state index is 12.3. The SMILES string of the molecule is COc1ccc(OC)c(NC(=O)c2ccc(C)c(Br)c2)c1. The van der Waals surface area contributed by atoms with Gasteiger partial charge in [0.2, 0.25) is 0 Å². The molecule has 0 spiro atoms. The number of anilines is 1. The first-order valence-electron chi connectivity index (χ1n) is 6.34. The Morgan fingerprint density at radius 1 is 1.10 bits per heavy atom. The predicted octanol–water partition coefficient (Wildman–Crippen LogP) is 4.03. The number of carbonyl (C=O) groups excluding carboxylic acids is 1. The normalized spacial score (nSPS) is 10.1. The lowest BCUT2D eigenvalue weighted by molar-refractivity contribution is 0.102. The zero-order chi connectivity index (χ0) is 15.4. The van der Waals surface area contributed by atoms with Gasteiger partial charge in [-0.05, 0) is 36.8 Å². The number of amides is 1. The summed E-state index contributed by atoms with van der Waals surface area (Å²) in [5.41, 5.74) is 2.21. The van der Waals surface area contributed by atoms with Gasteiger partial charge in [-0.1, -0.05) is 22.0 Å². The maximum Gasteiger partial charge on any atom is 0.255 e. The van der Waals surface area contributed by atoms with Gasteiger partial charge in [-0.15, -0.1) is 0 Å². The van der Waals surface area contributed by atoms with Crippen LogP contribution in [0.1, 0.15) is 15.9 Å². The molecule has 0 aliphatic heterocycles. The molecule has 0 aliphatic rings. The second kappa shape index (κ2) is 6.63. The molecule has 2 rings (SSSR count). The average Bonchev–Trinajstić information content (AvgIpc) is 2.49. The number of hydrogen-bond acceptors (Lipinski definition) is 3. The van der Waals surface area contributed by atoms with E-state index in [0.717, 1.165) is 10.0 Å². The molecule has 110 valence electrons. The van der Waals surface area contributed by atoms with Crippen LogP contribution in [0, 0.1) is 6.92 Å². The van der Waals surface area contributed by atoms with Gasteiger partial charge in [-0.2, -0.15) is 0 Å². The highest BCUT2D eigenvalue weighted by atomic mass is 79.9. The minimum absolute atomic E-state index is 0.206. The molecule has 2 aromatic carbocycles. The van der Waals surface area contributed by atoms with E-state index in [1.54, 1.807) is 44.6 Å². The van der Waals surface area contributed by atoms with Gasteiger partial charge < -0.3 is 14.8 Å². The topological polar surface area (TPSA) is 47.6 Å². The summed E-state index contributed by atoms with van der Waals surface area (Å²) < 4.78 is 11.3. The van der Waals surface area contributed by atoms with Gasteiger partial charge in [-0.3, -0.25) is 4.79 Å². The lowest BCUT2D eigenvalue weighted by atomic mass is 10.1. The molecule has 0 radical (unpaired) electrons. The third kappa shape index (κ3) is 3.55. The lowest BCUT2D eigenvalue weighted by Crippen LogP contribution is -2.12. The molecule has 1 amide bonds. The summed E-state index contributed by atoms with van der Waals surface area (Å²) in [6.07, 6.45) is 0. The molecule has 21 heavy (non-hydrogen) atoms. The summed E-state index contributed by atoms with van der Waals surface area (Å²) in [4.78, 5) is 12.3. The van der Waals surface area contributed by atoms with Crippen LogP contribution in [0.2, 0.25) is 0 Å². The number of hydrogen-bond donors (Lipinski definition) is 1. The molecule has 0 heterocycles. The summed E-state index contributed by atoms with van der Waals surface area (Å²) in [5.74, 6) is 1.02. The van der Waals surface area contributed by atoms with E-state index in [2.05, 4.69) is 21.2 Å². The van der Waals surface area contributed by atoms with Crippen LogP contribution in [0.15, 0.2) is 40.9 Å². The molecule has 0 aliphatic carbocycles. The molecule has 0 saturated heterocycles. The third-order valence-electron chi connectivity index (χ3n) is 3.09. The first kappa shape index (κ1) is 15.4. The van der Waals surface area contributed by atoms with Gasteiger partial charge in [0, 0.05) is 16.1 Å². The van der Waals surface area contributed by atoms with Crippen LogP contribution in [-0.4, -0.2) is 20.1 Å². The van der Waals surface area contributed by atoms with Gasteiger partial charge in [0.15, 0.2) is 0 Å². The Balaban J connectivity index is 2.28. The molecule has 0 fully saturated rings. The van der Waals surface area contributed by atoms with Crippen molar-refractivity contribution in [2.24, 2.45) is 0 Å². The van der Waals surface area contributed by atoms with Crippen LogP contribution >= 0.6 is 15.9 Å². The summed E-state index contributed by atoms with van der Waals surface area (Å²) in [6.45, 7) is 1.97. The van der Waals surface area contributed by atoms with Gasteiger partial charge >= 0.3 is 0 Å². The molecule has 0 unspecified atom stereocenters. The molecule has 0 aromatic heterocycles. The Bertz CT molecular complexity index is 671. The molecular formula is C16H16BrNO3. The van der Waals surface area contributed by atoms with Gasteiger partial charge in [0.05, 0.1) is 19.9 Å². The molecular weight excluding hydrogens is 334 g/mol. The van der Waals surface area contributed by atoms with Crippen LogP contribution in [0.4, 0.5) is 5.69 Å². The molecule has 0 saturated carbocycles. The van der Waals surface area contributed by atoms with Crippen molar-refractivity contribution >= 4 is 27.5 Å². The van der Waals surface area contributed by atoms with Gasteiger partial charge in [0.1, 0.15) is 11.5 Å². The van der Waals surface area contributed by atoms with Gasteiger partial charge in [0.25, 0.3) is 5.91 Å². The minimum Gasteiger partial charge on any atom is -0.497 e. The summed E-state index contributed by atoms with van der Waals surface area (Å²) in [5, 5.41) is 2.83. The molecule has 5 heteroatoms. The number of ether oxygens (including phenoxy) is 2. The van der Waals surface area contributed by atoms with Crippen LogP contribution in [0.5, 0.6) is 11.5 Å². The highest BCUT2D eigenvalue weighted by molar-refractivity contribution is 9.10. The number of methoxy groups -OCH3 is 2. The second-order valence-electron chi connectivity index (χ2n) is 4.48. The van der Waals surface area contributed by atoms with Crippen LogP contribution in [-0.2, 0) is 0 Å². The fourth-order valence-corrected chi connectivity index (χ4v) is 2.22. The monoisotopic (exact) mass is 349 g/mol. The Morgan fingerprint density at radius 2 is 1.86 bits per heavy atom. The number of benzene rings is 2. The Kier molecular flexibility index (Phi) is 4.85. The van der Waals surface area contributed by atoms with Crippen molar-refractivity contribution in [2.75, 3.05) is 19.5 Å². The van der Waals surface area contributed by atoms with Crippen molar-refractivity contribution in [2.45, 2.75) is 6.92 Å². The maximum absolute atomic E-state index is 12.3. The highest BCUT2D eigenvalue weighted by Crippen LogP contribution is 2.29. The number of nitrogens with one attached hydrogen (secondary N) is 1. The van der Waals surface area contributed by atoms with Crippen molar-refractivity contribution in [1.82, 2.24) is 0 Å². The Hall–Kier alpha value is -2.01. The van der Waals surface area contributed by atoms with E-state index in [9.17, 15) is 4.79 Å². The predicted molar refractivity (Wildman–Crippen MR) is 86.4 cm³/mol. The zero-order valence-corrected chi connectivity index (χ0v) is 13.7. The van der Waals surface area contributed by atoms with E-state index in [1.807, 2.05) is 13.0 Å². The van der Waals surface area contributed by atoms with Crippen LogP contribution in [0.25, 0.3) is 0 Å². The Morgan fingerprint density at radius 3 is 2.48 bits per heavy atom. The molecule has 0 bridgehead atoms. The van der Waals surface area contributed by atoms with E-state index in [1.165, 1.54) is 0 Å². The lowest BCUT2D eigenvalue weighted by Gasteiger charge is -2.12. The summed E-state index contributed by atoms with van der Waals surface area (Å²) in [7, 11) is 3.13. The molecule has 1 N–H and O–H groups in total. The number of aryl methyl sites for hydroxylation is 1. The second-order valence-corrected chi connectivity index (χ2v) is 5.34. The van der Waals surface area contributed by atoms with E-state index in [-0.39, 0.29) is 5.91 Å². The van der Waals surface area contributed by atoms with E-state index < -0.39 is 0 Å². The van der Waals surface area contributed by atoms with E-state index in [0.29, 0.717) is 22.7 Å². The average molecular weight is 350 g/mol. The van der Waals surface area contributed by atoms with Crippen LogP contribution < -0.4 is 14.8 Å². The number of halogens is 1. The molecule has 0 atom stereocenters. The fourth-order valence-electron chi connectivity index (χ4n) is 1.84. The minimum atomic E-state index is -0.206. The van der Waals surface area contributed by atoms with Crippen molar-refractivity contribution in [3.8, 4) is 11.5 Å². The first-order valence-corrected chi connectivity index (χ1v) is 7.14. The Labute approximate surface area is 132 Å². The van der Waals surface area contributed by atoms with E-state index >= 15 is 0 Å². The molecule has 4 nitrogen and oxygen atoms in total. The zero-order valence-electron chi connectivity index (χ0n) is 12.1. The highest BCUT2D eigenvalue weighted by Gasteiger charge is 2.11. The molecule has 2 aromatic rings. The van der Waals surface area contributed by atoms with Crippen molar-refractivity contribution < 1.29 is 14.3 Å². The smallest absolute Gasteiger partial charge is 0.255 e. The first-order chi connectivity index (χ1) is 10.0. The van der Waals surface area contributed by atoms with Crippen molar-refractivity contribution in [1.29, 1.82) is 0 Å². The van der Waals surface area contributed by atoms with Gasteiger partial charge in [-0.25, -0.2) is 0 Å². The van der Waals surface area contributed by atoms with E-state index in [4.69, 9.17) is 9.47 Å². The summed E-state index contributed by atoms with van der Waals surface area (Å²) >= 11 is 3.43. The summed E-state index contributed by atoms with van der Waals surface area (Å²) in [6, 6.07) is 10.7. The number of rotatable bonds is 4. The quantitative estimate of drug-likeness (QED) is 0.906. The van der Waals surface area contributed by atoms with Crippen molar-refractivity contribution in [3.63, 3.8) is 0 Å². The fraction of sp³-hybridized carbons (Fsp3) is 0.188. The third-order valence-corrected chi connectivity index (χ3v) is 3.94. The van der Waals surface area contributed by atoms with Crippen LogP contribution in [0.3, 0.4) is 0 Å². The largest absolute Gasteiger partial charge is 0.497 e. The number of carbonyl (C=O) groups is 1.